The van der Waals surface area contributed by atoms with E-state index in [1.165, 1.54) is 24.3 Å². The highest BCUT2D eigenvalue weighted by molar-refractivity contribution is 7.99. The predicted octanol–water partition coefficient (Wildman–Crippen LogP) is 3.21. The number of anilines is 1. The van der Waals surface area contributed by atoms with E-state index in [0.717, 1.165) is 11.3 Å². The lowest BCUT2D eigenvalue weighted by molar-refractivity contribution is -0.384. The first kappa shape index (κ1) is 12.2. The lowest BCUT2D eigenvalue weighted by Gasteiger charge is -2.24. The van der Waals surface area contributed by atoms with Crippen molar-refractivity contribution in [3.8, 4) is 0 Å². The Bertz CT molecular complexity index is 417. The Morgan fingerprint density at radius 1 is 1.41 bits per heavy atom. The molecule has 1 N–H and O–H groups in total. The van der Waals surface area contributed by atoms with E-state index in [9.17, 15) is 10.1 Å². The summed E-state index contributed by atoms with van der Waals surface area (Å²) in [6.07, 6.45) is 2.34. The number of hydrogen-bond acceptors (Lipinski definition) is 4. The number of benzene rings is 1. The van der Waals surface area contributed by atoms with Crippen molar-refractivity contribution >= 4 is 23.1 Å². The molecule has 0 saturated carbocycles. The quantitative estimate of drug-likeness (QED) is 0.663. The summed E-state index contributed by atoms with van der Waals surface area (Å²) in [5.41, 5.74) is 2.12. The van der Waals surface area contributed by atoms with Crippen LogP contribution in [0.4, 0.5) is 11.4 Å². The standard InChI is InChI=1S/C12H16N2O2S/c1-9-8-11(14(15)16)2-3-12(9)13-10-4-6-17-7-5-10/h2-3,8,10,13H,4-7H2,1H3. The van der Waals surface area contributed by atoms with Crippen molar-refractivity contribution in [2.24, 2.45) is 0 Å². The van der Waals surface area contributed by atoms with E-state index in [4.69, 9.17) is 0 Å². The Kier molecular flexibility index (Phi) is 3.89. The van der Waals surface area contributed by atoms with Gasteiger partial charge >= 0.3 is 0 Å². The molecule has 5 heteroatoms. The van der Waals surface area contributed by atoms with Gasteiger partial charge in [0.25, 0.3) is 5.69 Å². The highest BCUT2D eigenvalue weighted by atomic mass is 32.2. The number of non-ortho nitro benzene ring substituents is 1. The van der Waals surface area contributed by atoms with Gasteiger partial charge in [0.15, 0.2) is 0 Å². The van der Waals surface area contributed by atoms with Gasteiger partial charge in [0, 0.05) is 23.9 Å². The number of nitrogens with zero attached hydrogens (tertiary/aromatic N) is 1. The molecule has 1 aliphatic rings. The summed E-state index contributed by atoms with van der Waals surface area (Å²) < 4.78 is 0. The van der Waals surface area contributed by atoms with E-state index < -0.39 is 0 Å². The van der Waals surface area contributed by atoms with Gasteiger partial charge in [-0.25, -0.2) is 0 Å². The van der Waals surface area contributed by atoms with Gasteiger partial charge in [0.05, 0.1) is 4.92 Å². The predicted molar refractivity (Wildman–Crippen MR) is 71.8 cm³/mol. The maximum Gasteiger partial charge on any atom is 0.269 e. The average molecular weight is 252 g/mol. The molecule has 0 unspecified atom stereocenters. The van der Waals surface area contributed by atoms with Crippen LogP contribution in [-0.4, -0.2) is 22.5 Å². The molecule has 1 aromatic carbocycles. The van der Waals surface area contributed by atoms with Crippen LogP contribution in [0.5, 0.6) is 0 Å². The zero-order chi connectivity index (χ0) is 12.3. The molecule has 0 spiro atoms. The fraction of sp³-hybridized carbons (Fsp3) is 0.500. The van der Waals surface area contributed by atoms with E-state index in [2.05, 4.69) is 5.32 Å². The SMILES string of the molecule is Cc1cc([N+](=O)[O-])ccc1NC1CCSCC1. The normalized spacial score (nSPS) is 16.8. The average Bonchev–Trinajstić information content (AvgIpc) is 2.33. The Morgan fingerprint density at radius 2 is 2.12 bits per heavy atom. The van der Waals surface area contributed by atoms with Crippen LogP contribution in [0, 0.1) is 17.0 Å². The summed E-state index contributed by atoms with van der Waals surface area (Å²) in [5, 5.41) is 14.1. The second-order valence-corrected chi connectivity index (χ2v) is 5.51. The zero-order valence-electron chi connectivity index (χ0n) is 9.81. The largest absolute Gasteiger partial charge is 0.382 e. The summed E-state index contributed by atoms with van der Waals surface area (Å²) in [6, 6.07) is 5.51. The molecule has 0 aliphatic carbocycles. The molecule has 0 bridgehead atoms. The van der Waals surface area contributed by atoms with Gasteiger partial charge in [-0.2, -0.15) is 11.8 Å². The van der Waals surface area contributed by atoms with Crippen LogP contribution < -0.4 is 5.32 Å². The fourth-order valence-electron chi connectivity index (χ4n) is 1.99. The van der Waals surface area contributed by atoms with Crippen molar-refractivity contribution in [2.75, 3.05) is 16.8 Å². The smallest absolute Gasteiger partial charge is 0.269 e. The van der Waals surface area contributed by atoms with Gasteiger partial charge in [-0.1, -0.05) is 0 Å². The second kappa shape index (κ2) is 5.40. The van der Waals surface area contributed by atoms with Crippen molar-refractivity contribution < 1.29 is 4.92 Å². The van der Waals surface area contributed by atoms with Crippen LogP contribution >= 0.6 is 11.8 Å². The lowest BCUT2D eigenvalue weighted by atomic mass is 10.1. The molecule has 17 heavy (non-hydrogen) atoms. The van der Waals surface area contributed by atoms with Gasteiger partial charge in [-0.3, -0.25) is 10.1 Å². The van der Waals surface area contributed by atoms with Crippen molar-refractivity contribution in [1.29, 1.82) is 0 Å². The van der Waals surface area contributed by atoms with E-state index in [1.807, 2.05) is 24.8 Å². The topological polar surface area (TPSA) is 55.2 Å². The number of aryl methyl sites for hydroxylation is 1. The number of thioether (sulfide) groups is 1. The molecule has 0 aromatic heterocycles. The number of nitrogens with one attached hydrogen (secondary N) is 1. The Labute approximate surface area is 105 Å². The summed E-state index contributed by atoms with van der Waals surface area (Å²) in [7, 11) is 0. The maximum absolute atomic E-state index is 10.6. The first-order valence-corrected chi connectivity index (χ1v) is 6.91. The van der Waals surface area contributed by atoms with Crippen LogP contribution in [0.15, 0.2) is 18.2 Å². The molecular formula is C12H16N2O2S. The van der Waals surface area contributed by atoms with Crippen molar-refractivity contribution in [2.45, 2.75) is 25.8 Å². The molecule has 0 amide bonds. The van der Waals surface area contributed by atoms with Gasteiger partial charge in [-0.05, 0) is 42.9 Å². The molecule has 2 rings (SSSR count). The van der Waals surface area contributed by atoms with Crippen molar-refractivity contribution in [1.82, 2.24) is 0 Å². The Hall–Kier alpha value is -1.23. The number of nitro groups is 1. The first-order valence-electron chi connectivity index (χ1n) is 5.76. The highest BCUT2D eigenvalue weighted by Crippen LogP contribution is 2.25. The minimum Gasteiger partial charge on any atom is -0.382 e. The van der Waals surface area contributed by atoms with Crippen molar-refractivity contribution in [3.63, 3.8) is 0 Å². The molecular weight excluding hydrogens is 236 g/mol. The molecule has 1 fully saturated rings. The highest BCUT2D eigenvalue weighted by Gasteiger charge is 2.15. The molecule has 0 atom stereocenters. The van der Waals surface area contributed by atoms with Gasteiger partial charge in [0.1, 0.15) is 0 Å². The number of nitro benzene ring substituents is 1. The second-order valence-electron chi connectivity index (χ2n) is 4.29. The molecule has 1 aliphatic heterocycles. The summed E-state index contributed by atoms with van der Waals surface area (Å²) in [6.45, 7) is 1.91. The molecule has 92 valence electrons. The van der Waals surface area contributed by atoms with E-state index in [1.54, 1.807) is 12.1 Å². The van der Waals surface area contributed by atoms with E-state index in [-0.39, 0.29) is 10.6 Å². The monoisotopic (exact) mass is 252 g/mol. The molecule has 1 heterocycles. The maximum atomic E-state index is 10.6. The van der Waals surface area contributed by atoms with Gasteiger partial charge in [-0.15, -0.1) is 0 Å². The first-order chi connectivity index (χ1) is 8.16. The van der Waals surface area contributed by atoms with Crippen LogP contribution in [0.1, 0.15) is 18.4 Å². The Morgan fingerprint density at radius 3 is 2.71 bits per heavy atom. The lowest BCUT2D eigenvalue weighted by Crippen LogP contribution is -2.24. The Balaban J connectivity index is 2.08. The third-order valence-electron chi connectivity index (χ3n) is 3.00. The summed E-state index contributed by atoms with van der Waals surface area (Å²) in [5.74, 6) is 2.40. The minimum absolute atomic E-state index is 0.159. The van der Waals surface area contributed by atoms with Crippen LogP contribution in [0.25, 0.3) is 0 Å². The molecule has 0 radical (unpaired) electrons. The number of rotatable bonds is 3. The van der Waals surface area contributed by atoms with Crippen LogP contribution in [0.2, 0.25) is 0 Å². The van der Waals surface area contributed by atoms with Crippen molar-refractivity contribution in [3.05, 3.63) is 33.9 Å². The van der Waals surface area contributed by atoms with Gasteiger partial charge < -0.3 is 5.32 Å². The molecule has 4 nitrogen and oxygen atoms in total. The molecule has 1 aromatic rings. The summed E-state index contributed by atoms with van der Waals surface area (Å²) in [4.78, 5) is 10.3. The third-order valence-corrected chi connectivity index (χ3v) is 4.05. The number of hydrogen-bond donors (Lipinski definition) is 1. The van der Waals surface area contributed by atoms with Crippen LogP contribution in [-0.2, 0) is 0 Å². The third kappa shape index (κ3) is 3.12. The van der Waals surface area contributed by atoms with E-state index in [0.29, 0.717) is 6.04 Å². The van der Waals surface area contributed by atoms with Crippen LogP contribution in [0.3, 0.4) is 0 Å². The minimum atomic E-state index is -0.353. The molecule has 1 saturated heterocycles. The fourth-order valence-corrected chi connectivity index (χ4v) is 3.09. The zero-order valence-corrected chi connectivity index (χ0v) is 10.6. The van der Waals surface area contributed by atoms with E-state index >= 15 is 0 Å². The summed E-state index contributed by atoms with van der Waals surface area (Å²) >= 11 is 1.99. The van der Waals surface area contributed by atoms with Gasteiger partial charge in [0.2, 0.25) is 0 Å².